The van der Waals surface area contributed by atoms with Crippen molar-refractivity contribution < 1.29 is 9.53 Å². The predicted molar refractivity (Wildman–Crippen MR) is 66.6 cm³/mol. The first kappa shape index (κ1) is 15.4. The summed E-state index contributed by atoms with van der Waals surface area (Å²) in [5.74, 6) is -0.0593. The normalized spacial score (nSPS) is 24.3. The Hall–Kier alpha value is -0.580. The van der Waals surface area contributed by atoms with Crippen molar-refractivity contribution in [3.05, 3.63) is 12.7 Å². The molecule has 0 saturated heterocycles. The Morgan fingerprint density at radius 1 is 1.56 bits per heavy atom. The molecule has 0 heterocycles. The van der Waals surface area contributed by atoms with Crippen LogP contribution in [0.2, 0.25) is 0 Å². The highest BCUT2D eigenvalue weighted by Gasteiger charge is 2.20. The standard InChI is InChI=1S/C11H20N2O2.ClH/c1-2-6-15-8-11(14)13-10-5-3-4-9(12)7-10;/h2,9-10H,1,3-8,12H2,(H,13,14);1H. The molecule has 0 radical (unpaired) electrons. The van der Waals surface area contributed by atoms with Gasteiger partial charge in [-0.25, -0.2) is 0 Å². The van der Waals surface area contributed by atoms with E-state index < -0.39 is 0 Å². The van der Waals surface area contributed by atoms with Gasteiger partial charge < -0.3 is 15.8 Å². The van der Waals surface area contributed by atoms with E-state index in [2.05, 4.69) is 11.9 Å². The number of hydrogen-bond acceptors (Lipinski definition) is 3. The molecule has 0 aliphatic heterocycles. The molecule has 94 valence electrons. The van der Waals surface area contributed by atoms with Crippen LogP contribution < -0.4 is 11.1 Å². The molecule has 3 N–H and O–H groups in total. The van der Waals surface area contributed by atoms with Gasteiger partial charge >= 0.3 is 0 Å². The lowest BCUT2D eigenvalue weighted by atomic mass is 9.92. The maximum Gasteiger partial charge on any atom is 0.246 e. The van der Waals surface area contributed by atoms with Crippen molar-refractivity contribution >= 4 is 18.3 Å². The van der Waals surface area contributed by atoms with E-state index in [1.807, 2.05) is 0 Å². The van der Waals surface area contributed by atoms with Crippen LogP contribution in [0.3, 0.4) is 0 Å². The molecule has 1 saturated carbocycles. The predicted octanol–water partition coefficient (Wildman–Crippen LogP) is 0.997. The molecular formula is C11H21ClN2O2. The summed E-state index contributed by atoms with van der Waals surface area (Å²) in [4.78, 5) is 11.4. The molecule has 1 fully saturated rings. The quantitative estimate of drug-likeness (QED) is 0.564. The molecule has 16 heavy (non-hydrogen) atoms. The van der Waals surface area contributed by atoms with Crippen LogP contribution in [0.4, 0.5) is 0 Å². The number of ether oxygens (including phenoxy) is 1. The Morgan fingerprint density at radius 2 is 2.31 bits per heavy atom. The van der Waals surface area contributed by atoms with E-state index in [1.54, 1.807) is 6.08 Å². The van der Waals surface area contributed by atoms with E-state index >= 15 is 0 Å². The van der Waals surface area contributed by atoms with Crippen LogP contribution in [0.1, 0.15) is 25.7 Å². The summed E-state index contributed by atoms with van der Waals surface area (Å²) in [6.07, 6.45) is 5.71. The molecule has 2 unspecified atom stereocenters. The molecule has 1 amide bonds. The van der Waals surface area contributed by atoms with Gasteiger partial charge in [0.25, 0.3) is 0 Å². The van der Waals surface area contributed by atoms with Crippen molar-refractivity contribution in [2.24, 2.45) is 5.73 Å². The number of amides is 1. The van der Waals surface area contributed by atoms with Gasteiger partial charge in [0, 0.05) is 12.1 Å². The first-order valence-corrected chi connectivity index (χ1v) is 5.46. The number of carbonyl (C=O) groups excluding carboxylic acids is 1. The van der Waals surface area contributed by atoms with Crippen molar-refractivity contribution in [2.75, 3.05) is 13.2 Å². The van der Waals surface area contributed by atoms with Crippen LogP contribution in [0, 0.1) is 0 Å². The molecule has 0 spiro atoms. The lowest BCUT2D eigenvalue weighted by Gasteiger charge is -2.27. The SMILES string of the molecule is C=CCOCC(=O)NC1CCCC(N)C1.Cl. The summed E-state index contributed by atoms with van der Waals surface area (Å²) in [6.45, 7) is 4.03. The molecule has 0 bridgehead atoms. The van der Waals surface area contributed by atoms with E-state index in [0.717, 1.165) is 25.7 Å². The fourth-order valence-corrected chi connectivity index (χ4v) is 1.86. The second-order valence-corrected chi connectivity index (χ2v) is 3.99. The largest absolute Gasteiger partial charge is 0.368 e. The fourth-order valence-electron chi connectivity index (χ4n) is 1.86. The minimum absolute atomic E-state index is 0. The second-order valence-electron chi connectivity index (χ2n) is 3.99. The maximum atomic E-state index is 11.4. The Balaban J connectivity index is 0.00000225. The van der Waals surface area contributed by atoms with Crippen LogP contribution >= 0.6 is 12.4 Å². The number of carbonyl (C=O) groups is 1. The van der Waals surface area contributed by atoms with E-state index in [-0.39, 0.29) is 37.0 Å². The summed E-state index contributed by atoms with van der Waals surface area (Å²) in [7, 11) is 0. The molecule has 0 aromatic heterocycles. The smallest absolute Gasteiger partial charge is 0.246 e. The minimum atomic E-state index is -0.0593. The summed E-state index contributed by atoms with van der Waals surface area (Å²) in [6, 6.07) is 0.465. The first-order valence-electron chi connectivity index (χ1n) is 5.46. The number of hydrogen-bond donors (Lipinski definition) is 2. The highest BCUT2D eigenvalue weighted by Crippen LogP contribution is 2.16. The average Bonchev–Trinajstić information content (AvgIpc) is 2.18. The fraction of sp³-hybridized carbons (Fsp3) is 0.727. The van der Waals surface area contributed by atoms with Gasteiger partial charge in [0.2, 0.25) is 5.91 Å². The van der Waals surface area contributed by atoms with Gasteiger partial charge in [-0.3, -0.25) is 4.79 Å². The molecule has 5 heteroatoms. The zero-order valence-electron chi connectivity index (χ0n) is 9.48. The maximum absolute atomic E-state index is 11.4. The third kappa shape index (κ3) is 6.10. The van der Waals surface area contributed by atoms with E-state index in [0.29, 0.717) is 6.61 Å². The summed E-state index contributed by atoms with van der Waals surface area (Å²) < 4.78 is 5.05. The minimum Gasteiger partial charge on any atom is -0.368 e. The van der Waals surface area contributed by atoms with Gasteiger partial charge in [-0.1, -0.05) is 6.08 Å². The molecule has 1 aliphatic rings. The van der Waals surface area contributed by atoms with Crippen molar-refractivity contribution in [1.29, 1.82) is 0 Å². The van der Waals surface area contributed by atoms with E-state index in [9.17, 15) is 4.79 Å². The molecule has 1 rings (SSSR count). The summed E-state index contributed by atoms with van der Waals surface area (Å²) in [5, 5.41) is 2.93. The topological polar surface area (TPSA) is 64.3 Å². The first-order chi connectivity index (χ1) is 7.22. The van der Waals surface area contributed by atoms with Crippen LogP contribution in [-0.2, 0) is 9.53 Å². The lowest BCUT2D eigenvalue weighted by molar-refractivity contribution is -0.126. The van der Waals surface area contributed by atoms with Crippen LogP contribution in [-0.4, -0.2) is 31.2 Å². The number of nitrogens with two attached hydrogens (primary N) is 1. The Morgan fingerprint density at radius 3 is 2.94 bits per heavy atom. The molecule has 1 aliphatic carbocycles. The van der Waals surface area contributed by atoms with Crippen molar-refractivity contribution in [2.45, 2.75) is 37.8 Å². The van der Waals surface area contributed by atoms with Crippen LogP contribution in [0.25, 0.3) is 0 Å². The van der Waals surface area contributed by atoms with E-state index in [1.165, 1.54) is 0 Å². The molecule has 0 aromatic carbocycles. The van der Waals surface area contributed by atoms with Crippen LogP contribution in [0.5, 0.6) is 0 Å². The Labute approximate surface area is 103 Å². The molecule has 2 atom stereocenters. The zero-order valence-corrected chi connectivity index (χ0v) is 10.3. The molecule has 4 nitrogen and oxygen atoms in total. The molecular weight excluding hydrogens is 228 g/mol. The highest BCUT2D eigenvalue weighted by molar-refractivity contribution is 5.85. The highest BCUT2D eigenvalue weighted by atomic mass is 35.5. The summed E-state index contributed by atoms with van der Waals surface area (Å²) in [5.41, 5.74) is 5.83. The van der Waals surface area contributed by atoms with Crippen LogP contribution in [0.15, 0.2) is 12.7 Å². The average molecular weight is 249 g/mol. The number of rotatable bonds is 5. The van der Waals surface area contributed by atoms with Gasteiger partial charge in [0.05, 0.1) is 6.61 Å². The number of halogens is 1. The van der Waals surface area contributed by atoms with Gasteiger partial charge in [-0.05, 0) is 25.7 Å². The third-order valence-electron chi connectivity index (χ3n) is 2.55. The van der Waals surface area contributed by atoms with E-state index in [4.69, 9.17) is 10.5 Å². The lowest BCUT2D eigenvalue weighted by Crippen LogP contribution is -2.43. The van der Waals surface area contributed by atoms with Crippen molar-refractivity contribution in [3.63, 3.8) is 0 Å². The van der Waals surface area contributed by atoms with Gasteiger partial charge in [0.15, 0.2) is 0 Å². The monoisotopic (exact) mass is 248 g/mol. The van der Waals surface area contributed by atoms with Gasteiger partial charge in [-0.15, -0.1) is 19.0 Å². The van der Waals surface area contributed by atoms with Crippen molar-refractivity contribution in [3.8, 4) is 0 Å². The third-order valence-corrected chi connectivity index (χ3v) is 2.55. The second kappa shape index (κ2) is 8.56. The van der Waals surface area contributed by atoms with Crippen molar-refractivity contribution in [1.82, 2.24) is 5.32 Å². The van der Waals surface area contributed by atoms with Gasteiger partial charge in [-0.2, -0.15) is 0 Å². The number of nitrogens with one attached hydrogen (secondary N) is 1. The molecule has 0 aromatic rings. The zero-order chi connectivity index (χ0) is 11.1. The Kier molecular flexibility index (Phi) is 8.25. The summed E-state index contributed by atoms with van der Waals surface area (Å²) >= 11 is 0. The Bertz CT molecular complexity index is 224. The van der Waals surface area contributed by atoms with Gasteiger partial charge in [0.1, 0.15) is 6.61 Å².